The van der Waals surface area contributed by atoms with Gasteiger partial charge < -0.3 is 16.0 Å². The van der Waals surface area contributed by atoms with Crippen molar-refractivity contribution < 1.29 is 12.8 Å². The first-order valence-corrected chi connectivity index (χ1v) is 12.4. The molecule has 3 heterocycles. The Morgan fingerprint density at radius 1 is 1.09 bits per heavy atom. The number of piperazine rings is 1. The van der Waals surface area contributed by atoms with Crippen molar-refractivity contribution in [2.75, 3.05) is 48.4 Å². The van der Waals surface area contributed by atoms with Crippen LogP contribution in [0.15, 0.2) is 48.9 Å². The van der Waals surface area contributed by atoms with Crippen LogP contribution in [0, 0.1) is 5.82 Å². The van der Waals surface area contributed by atoms with Gasteiger partial charge >= 0.3 is 0 Å². The van der Waals surface area contributed by atoms with E-state index < -0.39 is 10.0 Å². The molecule has 3 N–H and O–H groups in total. The zero-order valence-electron chi connectivity index (χ0n) is 18.4. The zero-order valence-corrected chi connectivity index (χ0v) is 19.3. The Hall–Kier alpha value is -3.31. The summed E-state index contributed by atoms with van der Waals surface area (Å²) >= 11 is 0. The van der Waals surface area contributed by atoms with Gasteiger partial charge in [-0.15, -0.1) is 0 Å². The molecule has 2 aromatic heterocycles. The molecule has 0 spiro atoms. The van der Waals surface area contributed by atoms with Crippen molar-refractivity contribution in [2.24, 2.45) is 0 Å². The van der Waals surface area contributed by atoms with Crippen molar-refractivity contribution in [1.29, 1.82) is 0 Å². The summed E-state index contributed by atoms with van der Waals surface area (Å²) in [6.45, 7) is 3.75. The summed E-state index contributed by atoms with van der Waals surface area (Å²) in [5.74, 6) is 0.894. The minimum Gasteiger partial charge on any atom is -0.383 e. The third-order valence-electron chi connectivity index (χ3n) is 5.74. The summed E-state index contributed by atoms with van der Waals surface area (Å²) in [4.78, 5) is 14.9. The van der Waals surface area contributed by atoms with Gasteiger partial charge in [-0.1, -0.05) is 19.1 Å². The van der Waals surface area contributed by atoms with Crippen LogP contribution in [0.4, 0.5) is 27.5 Å². The predicted octanol–water partition coefficient (Wildman–Crippen LogP) is 2.57. The topological polar surface area (TPSA) is 117 Å². The molecule has 1 aliphatic heterocycles. The van der Waals surface area contributed by atoms with Gasteiger partial charge in [0.25, 0.3) is 0 Å². The Labute approximate surface area is 192 Å². The van der Waals surface area contributed by atoms with E-state index in [0.717, 1.165) is 16.8 Å². The molecule has 0 radical (unpaired) electrons. The number of nitrogens with one attached hydrogen (secondary N) is 1. The monoisotopic (exact) mass is 471 g/mol. The van der Waals surface area contributed by atoms with Crippen LogP contribution < -0.4 is 16.0 Å². The Kier molecular flexibility index (Phi) is 6.43. The van der Waals surface area contributed by atoms with Gasteiger partial charge in [0.2, 0.25) is 10.0 Å². The number of rotatable bonds is 6. The van der Waals surface area contributed by atoms with Crippen LogP contribution in [0.25, 0.3) is 0 Å². The van der Waals surface area contributed by atoms with E-state index in [4.69, 9.17) is 5.73 Å². The van der Waals surface area contributed by atoms with E-state index in [-0.39, 0.29) is 11.7 Å². The van der Waals surface area contributed by atoms with Gasteiger partial charge in [0.15, 0.2) is 0 Å². The third kappa shape index (κ3) is 5.20. The molecule has 1 fully saturated rings. The maximum atomic E-state index is 13.5. The predicted molar refractivity (Wildman–Crippen MR) is 127 cm³/mol. The van der Waals surface area contributed by atoms with E-state index in [1.165, 1.54) is 22.7 Å². The van der Waals surface area contributed by atoms with Gasteiger partial charge in [-0.25, -0.2) is 22.8 Å². The second-order valence-electron chi connectivity index (χ2n) is 7.96. The van der Waals surface area contributed by atoms with Crippen LogP contribution in [0.3, 0.4) is 0 Å². The molecule has 11 heteroatoms. The highest BCUT2D eigenvalue weighted by Gasteiger charge is 2.28. The Morgan fingerprint density at radius 2 is 1.79 bits per heavy atom. The quantitative estimate of drug-likeness (QED) is 0.563. The first kappa shape index (κ1) is 22.9. The molecule has 1 unspecified atom stereocenters. The third-order valence-corrected chi connectivity index (χ3v) is 7.04. The summed E-state index contributed by atoms with van der Waals surface area (Å²) in [7, 11) is -3.26. The number of aromatic nitrogens is 3. The molecule has 33 heavy (non-hydrogen) atoms. The summed E-state index contributed by atoms with van der Waals surface area (Å²) in [6.07, 6.45) is 5.95. The average molecular weight is 472 g/mol. The van der Waals surface area contributed by atoms with Crippen molar-refractivity contribution in [3.05, 3.63) is 65.9 Å². The van der Waals surface area contributed by atoms with Gasteiger partial charge in [-0.2, -0.15) is 4.31 Å². The lowest BCUT2D eigenvalue weighted by molar-refractivity contribution is 0.387. The molecular weight excluding hydrogens is 445 g/mol. The molecule has 3 aromatic rings. The van der Waals surface area contributed by atoms with Crippen LogP contribution in [-0.4, -0.2) is 60.1 Å². The molecule has 1 aliphatic rings. The Morgan fingerprint density at radius 3 is 2.39 bits per heavy atom. The lowest BCUT2D eigenvalue weighted by atomic mass is 9.91. The molecule has 9 nitrogen and oxygen atoms in total. The Balaban J connectivity index is 1.72. The summed E-state index contributed by atoms with van der Waals surface area (Å²) in [5, 5.41) is 3.12. The van der Waals surface area contributed by atoms with Crippen molar-refractivity contribution in [2.45, 2.75) is 12.8 Å². The summed E-state index contributed by atoms with van der Waals surface area (Å²) in [6, 6.07) is 8.19. The fourth-order valence-corrected chi connectivity index (χ4v) is 4.83. The van der Waals surface area contributed by atoms with Crippen molar-refractivity contribution in [1.82, 2.24) is 19.3 Å². The SMILES string of the molecule is CC(c1ccc(F)cc1)c1c(N2CCN(S(C)(=O)=O)CC2)cc(Nc2cnccn2)nc1N. The number of sulfonamides is 1. The van der Waals surface area contributed by atoms with Gasteiger partial charge in [-0.05, 0) is 17.7 Å². The molecule has 174 valence electrons. The number of benzene rings is 1. The number of nitrogens with zero attached hydrogens (tertiary/aromatic N) is 5. The smallest absolute Gasteiger partial charge is 0.211 e. The van der Waals surface area contributed by atoms with Crippen molar-refractivity contribution in [3.63, 3.8) is 0 Å². The maximum absolute atomic E-state index is 13.5. The lowest BCUT2D eigenvalue weighted by Crippen LogP contribution is -2.48. The highest BCUT2D eigenvalue weighted by molar-refractivity contribution is 7.88. The van der Waals surface area contributed by atoms with E-state index in [1.807, 2.05) is 13.0 Å². The lowest BCUT2D eigenvalue weighted by Gasteiger charge is -2.37. The number of hydrogen-bond acceptors (Lipinski definition) is 8. The molecule has 0 aliphatic carbocycles. The summed E-state index contributed by atoms with van der Waals surface area (Å²) in [5.41, 5.74) is 9.00. The number of anilines is 4. The van der Waals surface area contributed by atoms with E-state index in [9.17, 15) is 12.8 Å². The van der Waals surface area contributed by atoms with Crippen LogP contribution in [0.2, 0.25) is 0 Å². The minimum atomic E-state index is -3.26. The average Bonchev–Trinajstić information content (AvgIpc) is 2.79. The first-order valence-electron chi connectivity index (χ1n) is 10.5. The van der Waals surface area contributed by atoms with Crippen LogP contribution in [0.5, 0.6) is 0 Å². The molecule has 0 bridgehead atoms. The standard InChI is InChI=1S/C22H26FN7O2S/c1-15(16-3-5-17(23)6-4-16)21-18(29-9-11-30(12-10-29)33(2,31)32)13-19(28-22(21)24)27-20-14-25-7-8-26-20/h3-8,13-15H,9-12H2,1-2H3,(H3,24,26,27,28). The fraction of sp³-hybridized carbons (Fsp3) is 0.318. The second-order valence-corrected chi connectivity index (χ2v) is 9.95. The highest BCUT2D eigenvalue weighted by atomic mass is 32.2. The molecule has 1 aromatic carbocycles. The molecular formula is C22H26FN7O2S. The van der Waals surface area contributed by atoms with Gasteiger partial charge in [0, 0.05) is 61.8 Å². The molecule has 4 rings (SSSR count). The zero-order chi connectivity index (χ0) is 23.6. The summed E-state index contributed by atoms with van der Waals surface area (Å²) < 4.78 is 38.8. The van der Waals surface area contributed by atoms with E-state index >= 15 is 0 Å². The number of halogens is 1. The largest absolute Gasteiger partial charge is 0.383 e. The Bertz CT molecular complexity index is 1220. The number of pyridine rings is 1. The van der Waals surface area contributed by atoms with Crippen LogP contribution >= 0.6 is 0 Å². The normalized spacial score (nSPS) is 15.9. The molecule has 0 saturated carbocycles. The fourth-order valence-electron chi connectivity index (χ4n) is 4.00. The van der Waals surface area contributed by atoms with E-state index in [2.05, 4.69) is 25.2 Å². The molecule has 1 atom stereocenters. The number of hydrogen-bond donors (Lipinski definition) is 2. The van der Waals surface area contributed by atoms with Crippen LogP contribution in [0.1, 0.15) is 24.0 Å². The highest BCUT2D eigenvalue weighted by Crippen LogP contribution is 2.38. The second kappa shape index (κ2) is 9.28. The van der Waals surface area contributed by atoms with Gasteiger partial charge in [0.1, 0.15) is 23.3 Å². The van der Waals surface area contributed by atoms with E-state index in [1.54, 1.807) is 30.7 Å². The minimum absolute atomic E-state index is 0.161. The van der Waals surface area contributed by atoms with Crippen LogP contribution in [-0.2, 0) is 10.0 Å². The van der Waals surface area contributed by atoms with Crippen molar-refractivity contribution in [3.8, 4) is 0 Å². The number of nitrogens with two attached hydrogens (primary N) is 1. The maximum Gasteiger partial charge on any atom is 0.211 e. The molecule has 1 saturated heterocycles. The molecule has 0 amide bonds. The number of nitrogen functional groups attached to an aromatic ring is 1. The van der Waals surface area contributed by atoms with E-state index in [0.29, 0.717) is 43.6 Å². The van der Waals surface area contributed by atoms with Gasteiger partial charge in [0.05, 0.1) is 12.5 Å². The first-order chi connectivity index (χ1) is 15.7. The van der Waals surface area contributed by atoms with Crippen molar-refractivity contribution >= 4 is 33.2 Å². The van der Waals surface area contributed by atoms with Gasteiger partial charge in [-0.3, -0.25) is 4.98 Å².